The van der Waals surface area contributed by atoms with E-state index < -0.39 is 0 Å². The molecule has 1 heterocycles. The molecule has 1 atom stereocenters. The van der Waals surface area contributed by atoms with Gasteiger partial charge in [0.2, 0.25) is 11.8 Å². The van der Waals surface area contributed by atoms with E-state index in [1.165, 1.54) is 25.3 Å². The summed E-state index contributed by atoms with van der Waals surface area (Å²) in [7, 11) is 0. The van der Waals surface area contributed by atoms with Gasteiger partial charge in [-0.3, -0.25) is 14.5 Å². The molecule has 126 valence electrons. The van der Waals surface area contributed by atoms with E-state index in [1.807, 2.05) is 6.07 Å². The highest BCUT2D eigenvalue weighted by Gasteiger charge is 2.22. The minimum atomic E-state index is -0.0980. The first-order valence-electron chi connectivity index (χ1n) is 8.44. The van der Waals surface area contributed by atoms with Gasteiger partial charge in [-0.1, -0.05) is 36.8 Å². The van der Waals surface area contributed by atoms with Crippen molar-refractivity contribution in [3.05, 3.63) is 35.9 Å². The van der Waals surface area contributed by atoms with Crippen LogP contribution in [0.1, 0.15) is 38.2 Å². The Morgan fingerprint density at radius 3 is 2.70 bits per heavy atom. The van der Waals surface area contributed by atoms with Gasteiger partial charge in [-0.15, -0.1) is 0 Å². The van der Waals surface area contributed by atoms with Crippen LogP contribution in [-0.4, -0.2) is 42.4 Å². The van der Waals surface area contributed by atoms with Crippen molar-refractivity contribution in [3.8, 4) is 0 Å². The van der Waals surface area contributed by atoms with Gasteiger partial charge in [-0.05, 0) is 24.9 Å². The molecule has 0 aromatic heterocycles. The monoisotopic (exact) mass is 317 g/mol. The van der Waals surface area contributed by atoms with E-state index in [2.05, 4.69) is 39.8 Å². The summed E-state index contributed by atoms with van der Waals surface area (Å²) in [6.07, 6.45) is 3.90. The van der Waals surface area contributed by atoms with Crippen molar-refractivity contribution >= 4 is 11.8 Å². The summed E-state index contributed by atoms with van der Waals surface area (Å²) >= 11 is 0. The van der Waals surface area contributed by atoms with Gasteiger partial charge in [-0.25, -0.2) is 0 Å². The Kier molecular flexibility index (Phi) is 7.07. The summed E-state index contributed by atoms with van der Waals surface area (Å²) in [4.78, 5) is 25.1. The van der Waals surface area contributed by atoms with Crippen LogP contribution >= 0.6 is 0 Å². The Hall–Kier alpha value is -1.88. The van der Waals surface area contributed by atoms with Crippen molar-refractivity contribution in [2.75, 3.05) is 19.6 Å². The summed E-state index contributed by atoms with van der Waals surface area (Å²) in [6.45, 7) is 4.57. The van der Waals surface area contributed by atoms with Gasteiger partial charge >= 0.3 is 0 Å². The topological polar surface area (TPSA) is 61.4 Å². The van der Waals surface area contributed by atoms with Gasteiger partial charge in [0.05, 0.1) is 0 Å². The third-order valence-electron chi connectivity index (χ3n) is 4.24. The standard InChI is InChI=1S/C18H27N3O2/c1-15(22)19-11-10-18(23)20-13-17-9-5-6-12-21(17)14-16-7-3-2-4-8-16/h2-4,7-8,17H,5-6,9-14H2,1H3,(H,19,22)(H,20,23). The molecule has 0 spiro atoms. The van der Waals surface area contributed by atoms with Crippen LogP contribution in [0.5, 0.6) is 0 Å². The number of hydrogen-bond donors (Lipinski definition) is 2. The lowest BCUT2D eigenvalue weighted by Gasteiger charge is -2.36. The van der Waals surface area contributed by atoms with Crippen molar-refractivity contribution in [2.24, 2.45) is 0 Å². The zero-order chi connectivity index (χ0) is 16.5. The molecule has 5 heteroatoms. The fourth-order valence-electron chi connectivity index (χ4n) is 2.99. The van der Waals surface area contributed by atoms with E-state index in [0.29, 0.717) is 25.6 Å². The second kappa shape index (κ2) is 9.30. The Labute approximate surface area is 138 Å². The summed E-state index contributed by atoms with van der Waals surface area (Å²) in [6, 6.07) is 10.9. The van der Waals surface area contributed by atoms with Crippen molar-refractivity contribution in [1.82, 2.24) is 15.5 Å². The van der Waals surface area contributed by atoms with Crippen LogP contribution in [0.3, 0.4) is 0 Å². The number of benzene rings is 1. The van der Waals surface area contributed by atoms with E-state index in [-0.39, 0.29) is 11.8 Å². The molecule has 23 heavy (non-hydrogen) atoms. The maximum Gasteiger partial charge on any atom is 0.221 e. The largest absolute Gasteiger partial charge is 0.356 e. The molecular formula is C18H27N3O2. The highest BCUT2D eigenvalue weighted by atomic mass is 16.2. The minimum Gasteiger partial charge on any atom is -0.356 e. The first kappa shape index (κ1) is 17.5. The minimum absolute atomic E-state index is 0.00369. The lowest BCUT2D eigenvalue weighted by molar-refractivity contribution is -0.121. The normalized spacial score (nSPS) is 18.4. The van der Waals surface area contributed by atoms with Crippen LogP contribution in [0.25, 0.3) is 0 Å². The fourth-order valence-corrected chi connectivity index (χ4v) is 2.99. The molecular weight excluding hydrogens is 290 g/mol. The lowest BCUT2D eigenvalue weighted by Crippen LogP contribution is -2.46. The van der Waals surface area contributed by atoms with Gasteiger partial charge in [0.1, 0.15) is 0 Å². The van der Waals surface area contributed by atoms with Crippen molar-refractivity contribution in [3.63, 3.8) is 0 Å². The van der Waals surface area contributed by atoms with Gasteiger partial charge in [0.25, 0.3) is 0 Å². The van der Waals surface area contributed by atoms with Crippen LogP contribution < -0.4 is 10.6 Å². The predicted octanol–water partition coefficient (Wildman–Crippen LogP) is 1.68. The number of carbonyl (C=O) groups is 2. The molecule has 1 aliphatic rings. The predicted molar refractivity (Wildman–Crippen MR) is 90.8 cm³/mol. The number of piperidine rings is 1. The van der Waals surface area contributed by atoms with E-state index in [4.69, 9.17) is 0 Å². The molecule has 2 N–H and O–H groups in total. The third kappa shape index (κ3) is 6.40. The van der Waals surface area contributed by atoms with Gasteiger partial charge in [0.15, 0.2) is 0 Å². The highest BCUT2D eigenvalue weighted by Crippen LogP contribution is 2.19. The number of amides is 2. The molecule has 1 saturated heterocycles. The van der Waals surface area contributed by atoms with Gasteiger partial charge < -0.3 is 10.6 Å². The molecule has 0 bridgehead atoms. The molecule has 1 unspecified atom stereocenters. The maximum atomic E-state index is 11.9. The van der Waals surface area contributed by atoms with Crippen LogP contribution in [0.15, 0.2) is 30.3 Å². The Morgan fingerprint density at radius 2 is 1.96 bits per heavy atom. The summed E-state index contributed by atoms with van der Waals surface area (Å²) in [5.74, 6) is -0.0944. The van der Waals surface area contributed by atoms with E-state index in [0.717, 1.165) is 19.5 Å². The number of rotatable bonds is 7. The first-order chi connectivity index (χ1) is 11.1. The average Bonchev–Trinajstić information content (AvgIpc) is 2.55. The molecule has 2 rings (SSSR count). The third-order valence-corrected chi connectivity index (χ3v) is 4.24. The summed E-state index contributed by atoms with van der Waals surface area (Å²) in [5, 5.41) is 5.66. The maximum absolute atomic E-state index is 11.9. The first-order valence-corrected chi connectivity index (χ1v) is 8.44. The van der Waals surface area contributed by atoms with Crippen LogP contribution in [0, 0.1) is 0 Å². The zero-order valence-corrected chi connectivity index (χ0v) is 13.9. The molecule has 1 aromatic rings. The second-order valence-electron chi connectivity index (χ2n) is 6.14. The number of nitrogens with one attached hydrogen (secondary N) is 2. The summed E-state index contributed by atoms with van der Waals surface area (Å²) in [5.41, 5.74) is 1.32. The van der Waals surface area contributed by atoms with E-state index in [1.54, 1.807) is 0 Å². The Morgan fingerprint density at radius 1 is 1.17 bits per heavy atom. The van der Waals surface area contributed by atoms with Crippen molar-refractivity contribution in [2.45, 2.75) is 45.2 Å². The Balaban J connectivity index is 1.77. The average molecular weight is 317 g/mol. The van der Waals surface area contributed by atoms with Crippen LogP contribution in [-0.2, 0) is 16.1 Å². The molecule has 1 aromatic carbocycles. The number of carbonyl (C=O) groups excluding carboxylic acids is 2. The molecule has 0 saturated carbocycles. The molecule has 1 aliphatic heterocycles. The number of hydrogen-bond acceptors (Lipinski definition) is 3. The SMILES string of the molecule is CC(=O)NCCC(=O)NCC1CCCCN1Cc1ccccc1. The fraction of sp³-hybridized carbons (Fsp3) is 0.556. The smallest absolute Gasteiger partial charge is 0.221 e. The van der Waals surface area contributed by atoms with Crippen molar-refractivity contribution in [1.29, 1.82) is 0 Å². The number of nitrogens with zero attached hydrogens (tertiary/aromatic N) is 1. The van der Waals surface area contributed by atoms with E-state index >= 15 is 0 Å². The van der Waals surface area contributed by atoms with Crippen LogP contribution in [0.2, 0.25) is 0 Å². The summed E-state index contributed by atoms with van der Waals surface area (Å²) < 4.78 is 0. The second-order valence-corrected chi connectivity index (χ2v) is 6.14. The zero-order valence-electron chi connectivity index (χ0n) is 13.9. The van der Waals surface area contributed by atoms with Gasteiger partial charge in [-0.2, -0.15) is 0 Å². The molecule has 0 aliphatic carbocycles. The molecule has 0 radical (unpaired) electrons. The number of likely N-dealkylation sites (tertiary alicyclic amines) is 1. The lowest BCUT2D eigenvalue weighted by atomic mass is 10.0. The molecule has 5 nitrogen and oxygen atoms in total. The van der Waals surface area contributed by atoms with Gasteiger partial charge in [0, 0.05) is 39.0 Å². The quantitative estimate of drug-likeness (QED) is 0.804. The molecule has 2 amide bonds. The van der Waals surface area contributed by atoms with Crippen molar-refractivity contribution < 1.29 is 9.59 Å². The molecule has 1 fully saturated rings. The van der Waals surface area contributed by atoms with Crippen LogP contribution in [0.4, 0.5) is 0 Å². The van der Waals surface area contributed by atoms with E-state index in [9.17, 15) is 9.59 Å². The Bertz CT molecular complexity index is 504. The highest BCUT2D eigenvalue weighted by molar-refractivity contribution is 5.77.